The Labute approximate surface area is 147 Å². The number of nitrogens with one attached hydrogen (secondary N) is 1. The molecule has 23 heavy (non-hydrogen) atoms. The van der Waals surface area contributed by atoms with Gasteiger partial charge in [-0.25, -0.2) is 4.98 Å². The highest BCUT2D eigenvalue weighted by molar-refractivity contribution is 7.14. The number of hydrogen-bond acceptors (Lipinski definition) is 4. The maximum atomic E-state index is 12.1. The van der Waals surface area contributed by atoms with Gasteiger partial charge >= 0.3 is 0 Å². The first-order valence-corrected chi connectivity index (χ1v) is 8.35. The SMILES string of the molecule is O=C(Cc1cccc(Cl)c1Cl)Nc1nc(-c2ccncc2)cs1. The number of nitrogens with zero attached hydrogens (tertiary/aromatic N) is 2. The first-order chi connectivity index (χ1) is 11.1. The van der Waals surface area contributed by atoms with Gasteiger partial charge in [-0.15, -0.1) is 11.3 Å². The van der Waals surface area contributed by atoms with Gasteiger partial charge < -0.3 is 5.32 Å². The molecule has 1 aromatic carbocycles. The van der Waals surface area contributed by atoms with Crippen LogP contribution in [0.1, 0.15) is 5.56 Å². The van der Waals surface area contributed by atoms with Gasteiger partial charge in [-0.05, 0) is 23.8 Å². The van der Waals surface area contributed by atoms with Gasteiger partial charge in [-0.1, -0.05) is 35.3 Å². The van der Waals surface area contributed by atoms with Gasteiger partial charge in [0.25, 0.3) is 0 Å². The molecule has 116 valence electrons. The lowest BCUT2D eigenvalue weighted by Gasteiger charge is -2.05. The number of aromatic nitrogens is 2. The van der Waals surface area contributed by atoms with Crippen LogP contribution in [0.15, 0.2) is 48.1 Å². The maximum absolute atomic E-state index is 12.1. The lowest BCUT2D eigenvalue weighted by Crippen LogP contribution is -2.14. The van der Waals surface area contributed by atoms with Crippen molar-refractivity contribution in [1.29, 1.82) is 0 Å². The smallest absolute Gasteiger partial charge is 0.230 e. The van der Waals surface area contributed by atoms with Crippen LogP contribution in [-0.2, 0) is 11.2 Å². The molecule has 0 aliphatic rings. The number of carbonyl (C=O) groups is 1. The molecule has 0 saturated carbocycles. The second-order valence-corrected chi connectivity index (χ2v) is 6.35. The van der Waals surface area contributed by atoms with Crippen molar-refractivity contribution in [1.82, 2.24) is 9.97 Å². The van der Waals surface area contributed by atoms with Crippen LogP contribution in [0, 0.1) is 0 Å². The quantitative estimate of drug-likeness (QED) is 0.731. The van der Waals surface area contributed by atoms with Crippen molar-refractivity contribution in [2.24, 2.45) is 0 Å². The van der Waals surface area contributed by atoms with Crippen LogP contribution in [0.4, 0.5) is 5.13 Å². The Balaban J connectivity index is 1.69. The van der Waals surface area contributed by atoms with Crippen LogP contribution < -0.4 is 5.32 Å². The average molecular weight is 364 g/mol. The van der Waals surface area contributed by atoms with E-state index < -0.39 is 0 Å². The van der Waals surface area contributed by atoms with E-state index in [1.165, 1.54) is 11.3 Å². The van der Waals surface area contributed by atoms with E-state index in [4.69, 9.17) is 23.2 Å². The molecule has 0 radical (unpaired) electrons. The number of halogens is 2. The Morgan fingerprint density at radius 1 is 1.17 bits per heavy atom. The molecule has 2 aromatic heterocycles. The van der Waals surface area contributed by atoms with Crippen LogP contribution in [0.2, 0.25) is 10.0 Å². The van der Waals surface area contributed by atoms with Crippen LogP contribution >= 0.6 is 34.5 Å². The molecule has 0 bridgehead atoms. The highest BCUT2D eigenvalue weighted by atomic mass is 35.5. The van der Waals surface area contributed by atoms with Crippen molar-refractivity contribution in [3.63, 3.8) is 0 Å². The molecular weight excluding hydrogens is 353 g/mol. The van der Waals surface area contributed by atoms with E-state index in [1.807, 2.05) is 17.5 Å². The summed E-state index contributed by atoms with van der Waals surface area (Å²) in [5.41, 5.74) is 2.44. The Hall–Kier alpha value is -1.95. The Bertz CT molecular complexity index is 836. The lowest BCUT2D eigenvalue weighted by molar-refractivity contribution is -0.115. The summed E-state index contributed by atoms with van der Waals surface area (Å²) in [5.74, 6) is -0.190. The topological polar surface area (TPSA) is 54.9 Å². The molecule has 0 unspecified atom stereocenters. The molecule has 4 nitrogen and oxygen atoms in total. The lowest BCUT2D eigenvalue weighted by atomic mass is 10.1. The zero-order valence-corrected chi connectivity index (χ0v) is 14.1. The fourth-order valence-electron chi connectivity index (χ4n) is 2.01. The number of benzene rings is 1. The van der Waals surface area contributed by atoms with Crippen molar-refractivity contribution in [2.75, 3.05) is 5.32 Å². The third-order valence-corrected chi connectivity index (χ3v) is 4.72. The molecule has 0 saturated heterocycles. The molecule has 0 atom stereocenters. The minimum absolute atomic E-state index is 0.142. The summed E-state index contributed by atoms with van der Waals surface area (Å²) in [6.45, 7) is 0. The van der Waals surface area contributed by atoms with Crippen molar-refractivity contribution < 1.29 is 4.79 Å². The largest absolute Gasteiger partial charge is 0.302 e. The van der Waals surface area contributed by atoms with E-state index in [-0.39, 0.29) is 12.3 Å². The number of hydrogen-bond donors (Lipinski definition) is 1. The summed E-state index contributed by atoms with van der Waals surface area (Å²) >= 11 is 13.4. The summed E-state index contributed by atoms with van der Waals surface area (Å²) in [7, 11) is 0. The molecule has 3 rings (SSSR count). The molecule has 2 heterocycles. The second-order valence-electron chi connectivity index (χ2n) is 4.71. The number of pyridine rings is 1. The predicted molar refractivity (Wildman–Crippen MR) is 94.1 cm³/mol. The molecule has 7 heteroatoms. The maximum Gasteiger partial charge on any atom is 0.230 e. The van der Waals surface area contributed by atoms with Gasteiger partial charge in [0.2, 0.25) is 5.91 Å². The van der Waals surface area contributed by atoms with Gasteiger partial charge in [0.05, 0.1) is 22.2 Å². The first-order valence-electron chi connectivity index (χ1n) is 6.72. The minimum Gasteiger partial charge on any atom is -0.302 e. The van der Waals surface area contributed by atoms with E-state index in [1.54, 1.807) is 30.6 Å². The standard InChI is InChI=1S/C16H11Cl2N3OS/c17-12-3-1-2-11(15(12)18)8-14(22)21-16-20-13(9-23-16)10-4-6-19-7-5-10/h1-7,9H,8H2,(H,20,21,22). The molecular formula is C16H11Cl2N3OS. The first kappa shape index (κ1) is 15.9. The van der Waals surface area contributed by atoms with E-state index >= 15 is 0 Å². The molecule has 0 aliphatic carbocycles. The summed E-state index contributed by atoms with van der Waals surface area (Å²) in [6.07, 6.45) is 3.55. The van der Waals surface area contributed by atoms with Gasteiger partial charge in [0.15, 0.2) is 5.13 Å². The van der Waals surface area contributed by atoms with Gasteiger partial charge in [-0.2, -0.15) is 0 Å². The zero-order valence-electron chi connectivity index (χ0n) is 11.8. The highest BCUT2D eigenvalue weighted by Gasteiger charge is 2.12. The van der Waals surface area contributed by atoms with Crippen LogP contribution in [0.5, 0.6) is 0 Å². The van der Waals surface area contributed by atoms with Gasteiger partial charge in [-0.3, -0.25) is 9.78 Å². The van der Waals surface area contributed by atoms with Crippen molar-refractivity contribution in [3.05, 3.63) is 63.7 Å². The highest BCUT2D eigenvalue weighted by Crippen LogP contribution is 2.27. The molecule has 0 spiro atoms. The number of rotatable bonds is 4. The number of anilines is 1. The molecule has 0 fully saturated rings. The summed E-state index contributed by atoms with van der Waals surface area (Å²) in [4.78, 5) is 20.5. The predicted octanol–water partition coefficient (Wildman–Crippen LogP) is 4.69. The molecule has 1 N–H and O–H groups in total. The van der Waals surface area contributed by atoms with E-state index in [0.29, 0.717) is 20.7 Å². The van der Waals surface area contributed by atoms with Crippen LogP contribution in [-0.4, -0.2) is 15.9 Å². The van der Waals surface area contributed by atoms with E-state index in [0.717, 1.165) is 11.3 Å². The van der Waals surface area contributed by atoms with E-state index in [9.17, 15) is 4.79 Å². The average Bonchev–Trinajstić information content (AvgIpc) is 3.01. The van der Waals surface area contributed by atoms with Gasteiger partial charge in [0.1, 0.15) is 0 Å². The number of carbonyl (C=O) groups excluding carboxylic acids is 1. The Morgan fingerprint density at radius 2 is 1.96 bits per heavy atom. The number of thiazole rings is 1. The Kier molecular flexibility index (Phi) is 4.91. The van der Waals surface area contributed by atoms with Crippen molar-refractivity contribution >= 4 is 45.6 Å². The fraction of sp³-hybridized carbons (Fsp3) is 0.0625. The zero-order chi connectivity index (χ0) is 16.2. The van der Waals surface area contributed by atoms with Crippen molar-refractivity contribution in [2.45, 2.75) is 6.42 Å². The summed E-state index contributed by atoms with van der Waals surface area (Å²) in [6, 6.07) is 8.96. The van der Waals surface area contributed by atoms with Crippen LogP contribution in [0.25, 0.3) is 11.3 Å². The third kappa shape index (κ3) is 3.88. The van der Waals surface area contributed by atoms with Crippen LogP contribution in [0.3, 0.4) is 0 Å². The Morgan fingerprint density at radius 3 is 2.74 bits per heavy atom. The molecule has 1 amide bonds. The van der Waals surface area contributed by atoms with Gasteiger partial charge in [0, 0.05) is 23.3 Å². The molecule has 0 aliphatic heterocycles. The molecule has 3 aromatic rings. The monoisotopic (exact) mass is 363 g/mol. The van der Waals surface area contributed by atoms with Crippen molar-refractivity contribution in [3.8, 4) is 11.3 Å². The minimum atomic E-state index is -0.190. The third-order valence-electron chi connectivity index (χ3n) is 3.11. The second kappa shape index (κ2) is 7.08. The number of amides is 1. The fourth-order valence-corrected chi connectivity index (χ4v) is 3.13. The summed E-state index contributed by atoms with van der Waals surface area (Å²) in [5, 5.41) is 6.05. The normalized spacial score (nSPS) is 10.5. The summed E-state index contributed by atoms with van der Waals surface area (Å²) < 4.78 is 0. The van der Waals surface area contributed by atoms with E-state index in [2.05, 4.69) is 15.3 Å².